The number of nitro groups is 1. The molecule has 0 amide bonds. The number of benzene rings is 1. The van der Waals surface area contributed by atoms with Crippen LogP contribution in [0, 0.1) is 24.0 Å². The summed E-state index contributed by atoms with van der Waals surface area (Å²) in [7, 11) is 0. The van der Waals surface area contributed by atoms with Crippen LogP contribution in [-0.2, 0) is 0 Å². The lowest BCUT2D eigenvalue weighted by molar-refractivity contribution is -0.385. The van der Waals surface area contributed by atoms with Crippen molar-refractivity contribution in [1.82, 2.24) is 9.97 Å². The van der Waals surface area contributed by atoms with Crippen molar-refractivity contribution >= 4 is 17.2 Å². The summed E-state index contributed by atoms with van der Waals surface area (Å²) in [5, 5.41) is 14.0. The lowest BCUT2D eigenvalue weighted by Crippen LogP contribution is -2.05. The van der Waals surface area contributed by atoms with Crippen LogP contribution in [0.15, 0.2) is 30.3 Å². The number of hydrogen-bond acceptors (Lipinski definition) is 5. The normalized spacial score (nSPS) is 10.1. The third-order valence-corrected chi connectivity index (χ3v) is 2.39. The van der Waals surface area contributed by atoms with Gasteiger partial charge < -0.3 is 5.32 Å². The van der Waals surface area contributed by atoms with Crippen LogP contribution in [0.4, 0.5) is 17.2 Å². The van der Waals surface area contributed by atoms with Gasteiger partial charge in [0.2, 0.25) is 5.82 Å². The molecule has 0 radical (unpaired) electrons. The summed E-state index contributed by atoms with van der Waals surface area (Å²) in [4.78, 5) is 18.6. The van der Waals surface area contributed by atoms with Gasteiger partial charge in [0.05, 0.1) is 4.92 Å². The van der Waals surface area contributed by atoms with Crippen molar-refractivity contribution in [2.45, 2.75) is 13.8 Å². The first-order valence-electron chi connectivity index (χ1n) is 5.39. The maximum absolute atomic E-state index is 11.0. The van der Waals surface area contributed by atoms with Crippen molar-refractivity contribution in [3.8, 4) is 0 Å². The van der Waals surface area contributed by atoms with Gasteiger partial charge in [-0.15, -0.1) is 0 Å². The Morgan fingerprint density at radius 1 is 1.17 bits per heavy atom. The van der Waals surface area contributed by atoms with Gasteiger partial charge in [0.25, 0.3) is 0 Å². The first kappa shape index (κ1) is 12.0. The highest BCUT2D eigenvalue weighted by atomic mass is 16.6. The molecule has 1 aromatic heterocycles. The minimum Gasteiger partial charge on any atom is -0.334 e. The Labute approximate surface area is 104 Å². The molecular formula is C12H12N4O2. The van der Waals surface area contributed by atoms with E-state index in [4.69, 9.17) is 0 Å². The van der Waals surface area contributed by atoms with Gasteiger partial charge in [-0.25, -0.2) is 9.97 Å². The van der Waals surface area contributed by atoms with E-state index in [1.807, 2.05) is 30.3 Å². The molecule has 0 aliphatic heterocycles. The van der Waals surface area contributed by atoms with Crippen molar-refractivity contribution < 1.29 is 4.92 Å². The molecule has 0 bridgehead atoms. The molecule has 0 saturated heterocycles. The molecule has 1 aromatic carbocycles. The summed E-state index contributed by atoms with van der Waals surface area (Å²) >= 11 is 0. The summed E-state index contributed by atoms with van der Waals surface area (Å²) in [6.07, 6.45) is 0. The third kappa shape index (κ3) is 2.42. The highest BCUT2D eigenvalue weighted by Crippen LogP contribution is 2.27. The molecule has 1 N–H and O–H groups in total. The van der Waals surface area contributed by atoms with Crippen molar-refractivity contribution in [3.63, 3.8) is 0 Å². The first-order chi connectivity index (χ1) is 8.58. The van der Waals surface area contributed by atoms with Gasteiger partial charge in [-0.05, 0) is 26.0 Å². The summed E-state index contributed by atoms with van der Waals surface area (Å²) in [6.45, 7) is 3.30. The fourth-order valence-electron chi connectivity index (χ4n) is 1.67. The Bertz CT molecular complexity index is 584. The second-order valence-corrected chi connectivity index (χ2v) is 3.80. The molecule has 0 spiro atoms. The average molecular weight is 244 g/mol. The average Bonchev–Trinajstić information content (AvgIpc) is 2.28. The zero-order valence-electron chi connectivity index (χ0n) is 10.0. The topological polar surface area (TPSA) is 81.0 Å². The van der Waals surface area contributed by atoms with Crippen LogP contribution in [0.25, 0.3) is 0 Å². The van der Waals surface area contributed by atoms with Crippen molar-refractivity contribution in [2.75, 3.05) is 5.32 Å². The van der Waals surface area contributed by atoms with Crippen LogP contribution >= 0.6 is 0 Å². The minimum absolute atomic E-state index is 0.0931. The molecule has 0 aliphatic rings. The van der Waals surface area contributed by atoms with Gasteiger partial charge in [0.15, 0.2) is 0 Å². The van der Waals surface area contributed by atoms with E-state index in [1.54, 1.807) is 13.8 Å². The summed E-state index contributed by atoms with van der Waals surface area (Å²) in [5.74, 6) is 0.715. The number of para-hydroxylation sites is 1. The van der Waals surface area contributed by atoms with Crippen molar-refractivity contribution in [2.24, 2.45) is 0 Å². The molecule has 0 atom stereocenters. The predicted molar refractivity (Wildman–Crippen MR) is 67.9 cm³/mol. The van der Waals surface area contributed by atoms with E-state index in [1.165, 1.54) is 0 Å². The smallest absolute Gasteiger partial charge is 0.332 e. The van der Waals surface area contributed by atoms with E-state index < -0.39 is 4.92 Å². The maximum Gasteiger partial charge on any atom is 0.332 e. The Morgan fingerprint density at radius 3 is 2.44 bits per heavy atom. The lowest BCUT2D eigenvalue weighted by Gasteiger charge is -2.08. The second-order valence-electron chi connectivity index (χ2n) is 3.80. The van der Waals surface area contributed by atoms with Crippen molar-refractivity contribution in [3.05, 3.63) is 52.0 Å². The van der Waals surface area contributed by atoms with Crippen molar-refractivity contribution in [1.29, 1.82) is 0 Å². The number of nitrogens with zero attached hydrogens (tertiary/aromatic N) is 3. The fourth-order valence-corrected chi connectivity index (χ4v) is 1.67. The second kappa shape index (κ2) is 4.79. The summed E-state index contributed by atoms with van der Waals surface area (Å²) in [5.41, 5.74) is 1.01. The van der Waals surface area contributed by atoms with E-state index >= 15 is 0 Å². The number of aryl methyl sites for hydroxylation is 2. The Hall–Kier alpha value is -2.50. The Morgan fingerprint density at radius 2 is 1.83 bits per heavy atom. The van der Waals surface area contributed by atoms with Gasteiger partial charge >= 0.3 is 5.69 Å². The zero-order chi connectivity index (χ0) is 13.1. The molecular weight excluding hydrogens is 232 g/mol. The van der Waals surface area contributed by atoms with Gasteiger partial charge in [0, 0.05) is 5.69 Å². The third-order valence-electron chi connectivity index (χ3n) is 2.39. The molecule has 1 heterocycles. The summed E-state index contributed by atoms with van der Waals surface area (Å²) < 4.78 is 0. The van der Waals surface area contributed by atoms with E-state index in [-0.39, 0.29) is 11.5 Å². The Kier molecular flexibility index (Phi) is 3.18. The van der Waals surface area contributed by atoms with Crippen LogP contribution in [0.2, 0.25) is 0 Å². The quantitative estimate of drug-likeness (QED) is 0.663. The highest BCUT2D eigenvalue weighted by molar-refractivity contribution is 5.66. The number of nitrogens with one attached hydrogen (secondary N) is 1. The highest BCUT2D eigenvalue weighted by Gasteiger charge is 2.21. The van der Waals surface area contributed by atoms with Crippen LogP contribution in [-0.4, -0.2) is 14.9 Å². The minimum atomic E-state index is -0.472. The van der Waals surface area contributed by atoms with Crippen LogP contribution in [0.1, 0.15) is 11.5 Å². The monoisotopic (exact) mass is 244 g/mol. The zero-order valence-corrected chi connectivity index (χ0v) is 10.0. The summed E-state index contributed by atoms with van der Waals surface area (Å²) in [6, 6.07) is 9.19. The van der Waals surface area contributed by atoms with Crippen LogP contribution in [0.5, 0.6) is 0 Å². The van der Waals surface area contributed by atoms with E-state index in [9.17, 15) is 10.1 Å². The largest absolute Gasteiger partial charge is 0.334 e. The SMILES string of the molecule is Cc1nc(C)c([N+](=O)[O-])c(Nc2ccccc2)n1. The van der Waals surface area contributed by atoms with E-state index in [0.29, 0.717) is 11.5 Å². The maximum atomic E-state index is 11.0. The van der Waals surface area contributed by atoms with E-state index in [0.717, 1.165) is 5.69 Å². The molecule has 2 rings (SSSR count). The molecule has 0 saturated carbocycles. The molecule has 2 aromatic rings. The van der Waals surface area contributed by atoms with Crippen LogP contribution < -0.4 is 5.32 Å². The van der Waals surface area contributed by atoms with Gasteiger partial charge in [-0.1, -0.05) is 18.2 Å². The molecule has 18 heavy (non-hydrogen) atoms. The number of anilines is 2. The van der Waals surface area contributed by atoms with E-state index in [2.05, 4.69) is 15.3 Å². The molecule has 6 nitrogen and oxygen atoms in total. The first-order valence-corrected chi connectivity index (χ1v) is 5.39. The number of aromatic nitrogens is 2. The molecule has 92 valence electrons. The Balaban J connectivity index is 2.46. The lowest BCUT2D eigenvalue weighted by atomic mass is 10.3. The van der Waals surface area contributed by atoms with Crippen LogP contribution in [0.3, 0.4) is 0 Å². The molecule has 0 fully saturated rings. The molecule has 6 heteroatoms. The molecule has 0 unspecified atom stereocenters. The molecule has 0 aliphatic carbocycles. The fraction of sp³-hybridized carbons (Fsp3) is 0.167. The standard InChI is InChI=1S/C12H12N4O2/c1-8-11(16(17)18)12(14-9(2)13-8)15-10-6-4-3-5-7-10/h3-7H,1-2H3,(H,13,14,15). The van der Waals surface area contributed by atoms with Gasteiger partial charge in [-0.2, -0.15) is 0 Å². The van der Waals surface area contributed by atoms with Gasteiger partial charge in [-0.3, -0.25) is 10.1 Å². The predicted octanol–water partition coefficient (Wildman–Crippen LogP) is 2.75. The number of hydrogen-bond donors (Lipinski definition) is 1. The van der Waals surface area contributed by atoms with Gasteiger partial charge in [0.1, 0.15) is 11.5 Å². The number of rotatable bonds is 3.